The second kappa shape index (κ2) is 14.6. The molecule has 2 rings (SSSR count). The summed E-state index contributed by atoms with van der Waals surface area (Å²) < 4.78 is 10.9. The molecule has 0 aromatic rings. The maximum absolute atomic E-state index is 5.51. The molecule has 0 aliphatic carbocycles. The lowest BCUT2D eigenvalue weighted by Crippen LogP contribution is -2.46. The van der Waals surface area contributed by atoms with Crippen LogP contribution in [0.4, 0.5) is 0 Å². The van der Waals surface area contributed by atoms with E-state index in [0.717, 1.165) is 78.0 Å². The molecule has 0 radical (unpaired) electrons. The van der Waals surface area contributed by atoms with E-state index in [1.165, 1.54) is 12.0 Å². The first-order chi connectivity index (χ1) is 12.7. The Morgan fingerprint density at radius 2 is 1.96 bits per heavy atom. The van der Waals surface area contributed by atoms with Gasteiger partial charge in [-0.3, -0.25) is 9.89 Å². The van der Waals surface area contributed by atoms with Gasteiger partial charge in [0.1, 0.15) is 0 Å². The van der Waals surface area contributed by atoms with Crippen molar-refractivity contribution in [1.82, 2.24) is 15.5 Å². The number of aliphatic imine (C=N–C) groups is 1. The number of hydrogen-bond donors (Lipinski definition) is 2. The minimum Gasteiger partial charge on any atom is -0.379 e. The summed E-state index contributed by atoms with van der Waals surface area (Å²) in [6.07, 6.45) is 5.51. The second-order valence-corrected chi connectivity index (χ2v) is 7.52. The summed E-state index contributed by atoms with van der Waals surface area (Å²) in [5.74, 6) is 1.61. The van der Waals surface area contributed by atoms with Crippen LogP contribution in [-0.2, 0) is 9.47 Å². The fraction of sp³-hybridized carbons (Fsp3) is 0.850. The highest BCUT2D eigenvalue weighted by Crippen LogP contribution is 2.14. The van der Waals surface area contributed by atoms with Crippen LogP contribution >= 0.6 is 24.0 Å². The molecule has 27 heavy (non-hydrogen) atoms. The molecular formula is C20H39IN4O2. The highest BCUT2D eigenvalue weighted by atomic mass is 127. The van der Waals surface area contributed by atoms with Crippen LogP contribution in [0.5, 0.6) is 0 Å². The monoisotopic (exact) mass is 494 g/mol. The number of guanidine groups is 1. The summed E-state index contributed by atoms with van der Waals surface area (Å²) in [6, 6.07) is 0.493. The van der Waals surface area contributed by atoms with Gasteiger partial charge in [-0.05, 0) is 32.1 Å². The first-order valence-electron chi connectivity index (χ1n) is 10.3. The maximum atomic E-state index is 5.51. The molecule has 2 aliphatic heterocycles. The molecule has 2 aliphatic rings. The number of ether oxygens (including phenoxy) is 2. The first kappa shape index (κ1) is 24.7. The van der Waals surface area contributed by atoms with Gasteiger partial charge in [-0.2, -0.15) is 0 Å². The highest BCUT2D eigenvalue weighted by molar-refractivity contribution is 14.0. The van der Waals surface area contributed by atoms with Crippen molar-refractivity contribution in [1.29, 1.82) is 0 Å². The van der Waals surface area contributed by atoms with Crippen molar-refractivity contribution >= 4 is 29.9 Å². The molecule has 2 N–H and O–H groups in total. The van der Waals surface area contributed by atoms with E-state index < -0.39 is 0 Å². The van der Waals surface area contributed by atoms with Crippen LogP contribution in [0.25, 0.3) is 0 Å². The summed E-state index contributed by atoms with van der Waals surface area (Å²) in [5, 5.41) is 6.88. The standard InChI is InChI=1S/C20H38N4O2.HI/c1-4-21-20(22-8-5-18-6-11-25-12-7-18)23-16-19(15-17(2)3)24-9-13-26-14-10-24;/h6,17,19H,4-5,7-16H2,1-3H3,(H2,21,22,23);1H. The topological polar surface area (TPSA) is 58.1 Å². The van der Waals surface area contributed by atoms with Gasteiger partial charge in [0.05, 0.1) is 33.0 Å². The lowest BCUT2D eigenvalue weighted by atomic mass is 10.0. The summed E-state index contributed by atoms with van der Waals surface area (Å²) in [5.41, 5.74) is 1.49. The van der Waals surface area contributed by atoms with Crippen LogP contribution in [0.15, 0.2) is 16.6 Å². The molecule has 0 saturated carbocycles. The number of nitrogens with zero attached hydrogens (tertiary/aromatic N) is 2. The van der Waals surface area contributed by atoms with Crippen molar-refractivity contribution in [3.63, 3.8) is 0 Å². The third-order valence-corrected chi connectivity index (χ3v) is 4.91. The smallest absolute Gasteiger partial charge is 0.191 e. The lowest BCUT2D eigenvalue weighted by Gasteiger charge is -2.34. The average molecular weight is 494 g/mol. The maximum Gasteiger partial charge on any atom is 0.191 e. The SMILES string of the molecule is CCNC(=NCC(CC(C)C)N1CCOCC1)NCCC1=CCOCC1.I. The van der Waals surface area contributed by atoms with Crippen molar-refractivity contribution in [2.75, 3.05) is 59.2 Å². The van der Waals surface area contributed by atoms with Gasteiger partial charge >= 0.3 is 0 Å². The molecular weight excluding hydrogens is 455 g/mol. The van der Waals surface area contributed by atoms with Gasteiger partial charge in [0.25, 0.3) is 0 Å². The second-order valence-electron chi connectivity index (χ2n) is 7.52. The Hall–Kier alpha value is -0.380. The molecule has 0 bridgehead atoms. The summed E-state index contributed by atoms with van der Waals surface area (Å²) in [4.78, 5) is 7.44. The van der Waals surface area contributed by atoms with Crippen molar-refractivity contribution in [2.24, 2.45) is 10.9 Å². The number of rotatable bonds is 9. The predicted molar refractivity (Wildman–Crippen MR) is 123 cm³/mol. The van der Waals surface area contributed by atoms with Crippen LogP contribution in [0.2, 0.25) is 0 Å². The van der Waals surface area contributed by atoms with E-state index in [4.69, 9.17) is 14.5 Å². The Morgan fingerprint density at radius 1 is 1.19 bits per heavy atom. The van der Waals surface area contributed by atoms with Gasteiger partial charge in [-0.15, -0.1) is 24.0 Å². The fourth-order valence-corrected chi connectivity index (χ4v) is 3.50. The minimum absolute atomic E-state index is 0. The lowest BCUT2D eigenvalue weighted by molar-refractivity contribution is 0.0143. The van der Waals surface area contributed by atoms with E-state index in [0.29, 0.717) is 12.0 Å². The van der Waals surface area contributed by atoms with E-state index in [9.17, 15) is 0 Å². The van der Waals surface area contributed by atoms with E-state index in [1.54, 1.807) is 0 Å². The van der Waals surface area contributed by atoms with Crippen molar-refractivity contribution in [3.05, 3.63) is 11.6 Å². The zero-order chi connectivity index (χ0) is 18.6. The predicted octanol–water partition coefficient (Wildman–Crippen LogP) is 2.64. The fourth-order valence-electron chi connectivity index (χ4n) is 3.50. The largest absolute Gasteiger partial charge is 0.379 e. The molecule has 2 heterocycles. The van der Waals surface area contributed by atoms with Crippen molar-refractivity contribution in [3.8, 4) is 0 Å². The molecule has 1 unspecified atom stereocenters. The summed E-state index contributed by atoms with van der Waals surface area (Å²) in [6.45, 7) is 14.7. The van der Waals surface area contributed by atoms with Crippen molar-refractivity contribution < 1.29 is 9.47 Å². The van der Waals surface area contributed by atoms with E-state index >= 15 is 0 Å². The van der Waals surface area contributed by atoms with Gasteiger partial charge in [0, 0.05) is 32.2 Å². The number of nitrogens with one attached hydrogen (secondary N) is 2. The van der Waals surface area contributed by atoms with Crippen LogP contribution in [0.1, 0.15) is 40.0 Å². The van der Waals surface area contributed by atoms with Crippen LogP contribution in [0, 0.1) is 5.92 Å². The normalized spacial score (nSPS) is 20.0. The summed E-state index contributed by atoms with van der Waals surface area (Å²) >= 11 is 0. The zero-order valence-corrected chi connectivity index (χ0v) is 19.7. The Balaban J connectivity index is 0.00000364. The molecule has 7 heteroatoms. The van der Waals surface area contributed by atoms with Crippen LogP contribution in [-0.4, -0.2) is 76.1 Å². The number of morpholine rings is 1. The number of halogens is 1. The van der Waals surface area contributed by atoms with Gasteiger partial charge in [0.15, 0.2) is 5.96 Å². The Morgan fingerprint density at radius 3 is 2.59 bits per heavy atom. The van der Waals surface area contributed by atoms with Gasteiger partial charge in [-0.25, -0.2) is 0 Å². The quantitative estimate of drug-likeness (QED) is 0.224. The van der Waals surface area contributed by atoms with E-state index in [1.807, 2.05) is 0 Å². The molecule has 1 saturated heterocycles. The van der Waals surface area contributed by atoms with Crippen LogP contribution < -0.4 is 10.6 Å². The highest BCUT2D eigenvalue weighted by Gasteiger charge is 2.21. The zero-order valence-electron chi connectivity index (χ0n) is 17.3. The minimum atomic E-state index is 0. The molecule has 6 nitrogen and oxygen atoms in total. The van der Waals surface area contributed by atoms with E-state index in [-0.39, 0.29) is 24.0 Å². The Kier molecular flexibility index (Phi) is 13.3. The van der Waals surface area contributed by atoms with E-state index in [2.05, 4.69) is 42.4 Å². The van der Waals surface area contributed by atoms with Gasteiger partial charge < -0.3 is 20.1 Å². The molecule has 0 aromatic carbocycles. The van der Waals surface area contributed by atoms with Crippen molar-refractivity contribution in [2.45, 2.75) is 46.1 Å². The average Bonchev–Trinajstić information content (AvgIpc) is 2.66. The molecule has 1 atom stereocenters. The van der Waals surface area contributed by atoms with Crippen LogP contribution in [0.3, 0.4) is 0 Å². The number of hydrogen-bond acceptors (Lipinski definition) is 4. The molecule has 0 amide bonds. The molecule has 158 valence electrons. The molecule has 0 spiro atoms. The Labute approximate surface area is 182 Å². The molecule has 0 aromatic heterocycles. The third kappa shape index (κ3) is 10.1. The molecule has 1 fully saturated rings. The Bertz CT molecular complexity index is 451. The first-order valence-corrected chi connectivity index (χ1v) is 10.3. The van der Waals surface area contributed by atoms with Gasteiger partial charge in [-0.1, -0.05) is 25.5 Å². The summed E-state index contributed by atoms with van der Waals surface area (Å²) in [7, 11) is 0. The third-order valence-electron chi connectivity index (χ3n) is 4.91. The van der Waals surface area contributed by atoms with Gasteiger partial charge in [0.2, 0.25) is 0 Å².